The number of H-pyrrole nitrogens is 1. The van der Waals surface area contributed by atoms with E-state index in [1.165, 1.54) is 17.7 Å². The second-order valence-electron chi connectivity index (χ2n) is 13.1. The van der Waals surface area contributed by atoms with E-state index in [-0.39, 0.29) is 17.4 Å². The number of likely N-dealkylation sites (tertiary alicyclic amines) is 1. The van der Waals surface area contributed by atoms with Crippen LogP contribution >= 0.6 is 0 Å². The van der Waals surface area contributed by atoms with Crippen LogP contribution in [0.15, 0.2) is 108 Å². The van der Waals surface area contributed by atoms with Gasteiger partial charge in [-0.3, -0.25) is 10.1 Å². The largest absolute Gasteiger partial charge is 0.506 e. The van der Waals surface area contributed by atoms with E-state index < -0.39 is 12.2 Å². The number of phenolic OH excluding ortho intramolecular Hbond substituents is 1. The first-order valence-corrected chi connectivity index (χ1v) is 17.8. The Morgan fingerprint density at radius 2 is 1.65 bits per heavy atom. The van der Waals surface area contributed by atoms with Crippen molar-refractivity contribution in [2.75, 3.05) is 49.9 Å². The molecule has 1 saturated heterocycles. The van der Waals surface area contributed by atoms with Crippen LogP contribution in [0.3, 0.4) is 0 Å². The molecule has 0 spiro atoms. The lowest BCUT2D eigenvalue weighted by molar-refractivity contribution is 0.0586. The van der Waals surface area contributed by atoms with Crippen molar-refractivity contribution in [2.24, 2.45) is 0 Å². The van der Waals surface area contributed by atoms with E-state index in [4.69, 9.17) is 4.74 Å². The maximum Gasteiger partial charge on any atom is 0.411 e. The molecule has 4 aromatic carbocycles. The van der Waals surface area contributed by atoms with Crippen molar-refractivity contribution in [3.63, 3.8) is 0 Å². The molecule has 1 aliphatic rings. The maximum absolute atomic E-state index is 12.7. The number of pyridine rings is 1. The number of ether oxygens (including phenoxy) is 1. The fraction of sp³-hybridized carbons (Fsp3) is 0.317. The number of carbonyl (C=O) groups is 1. The summed E-state index contributed by atoms with van der Waals surface area (Å²) in [6.45, 7) is 4.86. The van der Waals surface area contributed by atoms with Crippen LogP contribution in [-0.4, -0.2) is 71.6 Å². The lowest BCUT2D eigenvalue weighted by Gasteiger charge is -2.31. The topological polar surface area (TPSA) is 139 Å². The molecule has 1 aromatic heterocycles. The Labute approximate surface area is 298 Å². The number of benzene rings is 4. The van der Waals surface area contributed by atoms with Gasteiger partial charge >= 0.3 is 6.09 Å². The molecule has 0 bridgehead atoms. The summed E-state index contributed by atoms with van der Waals surface area (Å²) >= 11 is 0. The van der Waals surface area contributed by atoms with Gasteiger partial charge in [0.05, 0.1) is 17.3 Å². The summed E-state index contributed by atoms with van der Waals surface area (Å²) in [5.74, 6) is -0.0194. The number of unbranched alkanes of at least 4 members (excludes halogenated alkanes) is 1. The second-order valence-corrected chi connectivity index (χ2v) is 13.1. The molecule has 1 atom stereocenters. The van der Waals surface area contributed by atoms with Gasteiger partial charge in [-0.1, -0.05) is 66.7 Å². The maximum atomic E-state index is 12.7. The van der Waals surface area contributed by atoms with Gasteiger partial charge in [0.25, 0.3) is 0 Å². The summed E-state index contributed by atoms with van der Waals surface area (Å²) in [6.07, 6.45) is 3.43. The van der Waals surface area contributed by atoms with Crippen LogP contribution in [0.1, 0.15) is 42.9 Å². The van der Waals surface area contributed by atoms with Crippen molar-refractivity contribution in [1.82, 2.24) is 15.2 Å². The van der Waals surface area contributed by atoms with Crippen LogP contribution in [0, 0.1) is 0 Å². The molecule has 0 unspecified atom stereocenters. The van der Waals surface area contributed by atoms with Crippen LogP contribution < -0.4 is 21.5 Å². The van der Waals surface area contributed by atoms with Gasteiger partial charge < -0.3 is 35.5 Å². The van der Waals surface area contributed by atoms with Crippen LogP contribution in [0.25, 0.3) is 22.0 Å². The number of aromatic nitrogens is 1. The lowest BCUT2D eigenvalue weighted by Crippen LogP contribution is -2.39. The number of aromatic hydroxyl groups is 1. The molecule has 6 N–H and O–H groups in total. The Bertz CT molecular complexity index is 1920. The van der Waals surface area contributed by atoms with E-state index >= 15 is 0 Å². The predicted molar refractivity (Wildman–Crippen MR) is 203 cm³/mol. The highest BCUT2D eigenvalue weighted by molar-refractivity contribution is 5.91. The third-order valence-electron chi connectivity index (χ3n) is 9.44. The average Bonchev–Trinajstić information content (AvgIpc) is 3.15. The number of aliphatic hydroxyl groups is 1. The molecule has 1 amide bonds. The monoisotopic (exact) mass is 689 g/mol. The van der Waals surface area contributed by atoms with Gasteiger partial charge in [-0.25, -0.2) is 4.79 Å². The zero-order valence-corrected chi connectivity index (χ0v) is 28.8. The molecule has 0 radical (unpaired) electrons. The third-order valence-corrected chi connectivity index (χ3v) is 9.44. The van der Waals surface area contributed by atoms with Gasteiger partial charge in [0, 0.05) is 48.9 Å². The Morgan fingerprint density at radius 3 is 2.45 bits per heavy atom. The van der Waals surface area contributed by atoms with Crippen molar-refractivity contribution in [3.05, 3.63) is 125 Å². The Balaban J connectivity index is 0.827. The van der Waals surface area contributed by atoms with Crippen LogP contribution in [0.2, 0.25) is 0 Å². The van der Waals surface area contributed by atoms with E-state index in [1.807, 2.05) is 54.6 Å². The van der Waals surface area contributed by atoms with Crippen LogP contribution in [0.4, 0.5) is 16.2 Å². The van der Waals surface area contributed by atoms with Crippen molar-refractivity contribution in [2.45, 2.75) is 44.3 Å². The Morgan fingerprint density at radius 1 is 0.882 bits per heavy atom. The number of piperidine rings is 1. The molecule has 2 heterocycles. The molecule has 51 heavy (non-hydrogen) atoms. The van der Waals surface area contributed by atoms with Gasteiger partial charge in [-0.2, -0.15) is 0 Å². The number of anilines is 2. The highest BCUT2D eigenvalue weighted by Crippen LogP contribution is 2.29. The Hall–Kier alpha value is -5.16. The molecule has 0 saturated carbocycles. The normalized spacial score (nSPS) is 14.3. The van der Waals surface area contributed by atoms with Gasteiger partial charge in [0.2, 0.25) is 5.56 Å². The van der Waals surface area contributed by atoms with Crippen LogP contribution in [0.5, 0.6) is 5.75 Å². The molecular formula is C41H47N5O5. The van der Waals surface area contributed by atoms with Crippen LogP contribution in [-0.2, 0) is 11.2 Å². The number of carbonyl (C=O) groups excluding carboxylic acids is 1. The molecule has 10 nitrogen and oxygen atoms in total. The Kier molecular flexibility index (Phi) is 12.4. The van der Waals surface area contributed by atoms with E-state index in [0.29, 0.717) is 29.6 Å². The first-order chi connectivity index (χ1) is 24.9. The van der Waals surface area contributed by atoms with Crippen molar-refractivity contribution in [3.8, 4) is 16.9 Å². The highest BCUT2D eigenvalue weighted by Gasteiger charge is 2.22. The number of fused-ring (bicyclic) bond motifs is 1. The zero-order valence-electron chi connectivity index (χ0n) is 28.8. The number of phenols is 1. The average molecular weight is 690 g/mol. The van der Waals surface area contributed by atoms with Crippen molar-refractivity contribution < 1.29 is 19.7 Å². The summed E-state index contributed by atoms with van der Waals surface area (Å²) in [6, 6.07) is 32.5. The number of rotatable bonds is 15. The molecule has 6 rings (SSSR count). The molecule has 5 aromatic rings. The smallest absolute Gasteiger partial charge is 0.411 e. The summed E-state index contributed by atoms with van der Waals surface area (Å²) in [4.78, 5) is 29.5. The number of aromatic amines is 1. The SMILES string of the molecule is O=C(Nc1ccccc1-c1ccccc1)OC1CCN(CCCCNc2ccc(CCNC[C@H](O)c3ccc(O)c4[nH]c(=O)ccc34)cc2)CC1. The number of aliphatic hydroxyl groups excluding tert-OH is 1. The standard InChI is InChI=1S/C41H47N5O5/c47-37-18-16-34(35-17-19-39(49)45-40(35)37)38(48)28-42-24-20-29-12-14-31(15-13-29)43-23-6-7-25-46-26-21-32(22-27-46)51-41(50)44-36-11-5-4-10-33(36)30-8-2-1-3-9-30/h1-5,8-19,32,38,42-43,47-48H,6-7,20-28H2,(H,44,50)(H,45,49)/t38-/m0/s1. The summed E-state index contributed by atoms with van der Waals surface area (Å²) in [5, 5.41) is 31.3. The minimum Gasteiger partial charge on any atom is -0.506 e. The molecule has 1 aliphatic heterocycles. The molecule has 10 heteroatoms. The first kappa shape index (κ1) is 35.7. The number of para-hydroxylation sites is 1. The summed E-state index contributed by atoms with van der Waals surface area (Å²) in [7, 11) is 0. The lowest BCUT2D eigenvalue weighted by atomic mass is 10.0. The highest BCUT2D eigenvalue weighted by atomic mass is 16.6. The van der Waals surface area contributed by atoms with Crippen molar-refractivity contribution >= 4 is 28.4 Å². The summed E-state index contributed by atoms with van der Waals surface area (Å²) in [5.41, 5.74) is 5.76. The zero-order chi connectivity index (χ0) is 35.4. The first-order valence-electron chi connectivity index (χ1n) is 17.8. The number of hydrogen-bond acceptors (Lipinski definition) is 8. The number of hydrogen-bond donors (Lipinski definition) is 6. The second kappa shape index (κ2) is 17.7. The third kappa shape index (κ3) is 9.97. The van der Waals surface area contributed by atoms with E-state index in [0.717, 1.165) is 80.8 Å². The predicted octanol–water partition coefficient (Wildman–Crippen LogP) is 6.67. The van der Waals surface area contributed by atoms with E-state index in [2.05, 4.69) is 50.1 Å². The molecule has 266 valence electrons. The number of amides is 1. The summed E-state index contributed by atoms with van der Waals surface area (Å²) < 4.78 is 5.79. The fourth-order valence-corrected chi connectivity index (χ4v) is 6.62. The van der Waals surface area contributed by atoms with Gasteiger partial charge in [0.15, 0.2) is 0 Å². The molecular weight excluding hydrogens is 642 g/mol. The van der Waals surface area contributed by atoms with E-state index in [9.17, 15) is 19.8 Å². The van der Waals surface area contributed by atoms with Gasteiger partial charge in [-0.05, 0) is 92.2 Å². The minimum absolute atomic E-state index is 0.0194. The molecule has 1 fully saturated rings. The minimum atomic E-state index is -0.778. The molecule has 0 aliphatic carbocycles. The number of nitrogens with one attached hydrogen (secondary N) is 4. The fourth-order valence-electron chi connectivity index (χ4n) is 6.62. The van der Waals surface area contributed by atoms with E-state index in [1.54, 1.807) is 12.1 Å². The van der Waals surface area contributed by atoms with Gasteiger partial charge in [-0.15, -0.1) is 0 Å². The van der Waals surface area contributed by atoms with Gasteiger partial charge in [0.1, 0.15) is 11.9 Å². The van der Waals surface area contributed by atoms with Crippen molar-refractivity contribution in [1.29, 1.82) is 0 Å². The quantitative estimate of drug-likeness (QED) is 0.0671. The number of nitrogens with zero attached hydrogens (tertiary/aromatic N) is 1.